The van der Waals surface area contributed by atoms with Gasteiger partial charge in [0.1, 0.15) is 5.71 Å². The lowest BCUT2D eigenvalue weighted by molar-refractivity contribution is -0.130. The second-order valence-corrected chi connectivity index (χ2v) is 8.53. The average molecular weight is 428 g/mol. The third-order valence-corrected chi connectivity index (χ3v) is 5.99. The second-order valence-electron chi connectivity index (χ2n) is 6.85. The minimum absolute atomic E-state index is 0.0138. The fourth-order valence-corrected chi connectivity index (χ4v) is 3.76. The number of aryl methyl sites for hydroxylation is 1. The van der Waals surface area contributed by atoms with Gasteiger partial charge in [-0.2, -0.15) is 5.10 Å². The first-order valence-corrected chi connectivity index (χ1v) is 10.5. The molecule has 1 aliphatic carbocycles. The number of aromatic nitrogens is 2. The van der Waals surface area contributed by atoms with Gasteiger partial charge in [-0.25, -0.2) is 23.1 Å². The summed E-state index contributed by atoms with van der Waals surface area (Å²) in [6.45, 7) is 4.77. The second kappa shape index (κ2) is 8.11. The number of nitrogens with zero attached hydrogens (tertiary/aromatic N) is 3. The van der Waals surface area contributed by atoms with Crippen molar-refractivity contribution in [2.75, 3.05) is 10.1 Å². The summed E-state index contributed by atoms with van der Waals surface area (Å²) in [5.74, 6) is -2.41. The van der Waals surface area contributed by atoms with E-state index in [9.17, 15) is 18.0 Å². The molecule has 30 heavy (non-hydrogen) atoms. The lowest BCUT2D eigenvalue weighted by Gasteiger charge is -2.23. The number of hydrazone groups is 1. The van der Waals surface area contributed by atoms with Crippen molar-refractivity contribution in [3.05, 3.63) is 42.2 Å². The van der Waals surface area contributed by atoms with Gasteiger partial charge in [-0.05, 0) is 51.1 Å². The summed E-state index contributed by atoms with van der Waals surface area (Å²) < 4.78 is 27.3. The summed E-state index contributed by atoms with van der Waals surface area (Å²) in [5.41, 5.74) is 3.42. The highest BCUT2D eigenvalue weighted by Crippen LogP contribution is 2.20. The van der Waals surface area contributed by atoms with E-state index >= 15 is 0 Å². The van der Waals surface area contributed by atoms with Gasteiger partial charge in [0.2, 0.25) is 5.95 Å². The van der Waals surface area contributed by atoms with E-state index < -0.39 is 27.6 Å². The van der Waals surface area contributed by atoms with Gasteiger partial charge in [0.25, 0.3) is 10.0 Å². The van der Waals surface area contributed by atoms with Crippen molar-refractivity contribution in [3.8, 4) is 0 Å². The van der Waals surface area contributed by atoms with Crippen LogP contribution in [0.15, 0.2) is 46.5 Å². The predicted octanol–water partition coefficient (Wildman–Crippen LogP) is 1.80. The topological polar surface area (TPSA) is 154 Å². The number of nitrogens with one attached hydrogen (secondary N) is 3. The third-order valence-electron chi connectivity index (χ3n) is 4.65. The molecule has 10 nitrogen and oxygen atoms in total. The molecule has 2 atom stereocenters. The maximum absolute atomic E-state index is 12.5. The molecule has 156 valence electrons. The molecule has 3 N–H and O–H groups in total. The van der Waals surface area contributed by atoms with E-state index in [4.69, 9.17) is 5.41 Å². The van der Waals surface area contributed by atoms with Gasteiger partial charge in [-0.15, -0.1) is 0 Å². The van der Waals surface area contributed by atoms with Crippen LogP contribution in [0.1, 0.15) is 19.5 Å². The molecule has 0 radical (unpaired) electrons. The standard InChI is InChI=1S/C19H20N6O4S/c1-10-8-9-21-19(22-10)25-30(28,29)14-6-4-13(5-7-14)23-24-16-15(20)11(2)17(26)12(3)18(16)27/h4-9,11-12,20,23H,1-3H3,(H,21,22,25)/b20-15?,24-16-. The Balaban J connectivity index is 1.76. The summed E-state index contributed by atoms with van der Waals surface area (Å²) in [6.07, 6.45) is 1.45. The summed E-state index contributed by atoms with van der Waals surface area (Å²) in [6, 6.07) is 7.27. The van der Waals surface area contributed by atoms with Crippen LogP contribution in [0, 0.1) is 24.2 Å². The molecule has 3 rings (SSSR count). The Hall–Kier alpha value is -3.47. The summed E-state index contributed by atoms with van der Waals surface area (Å²) in [7, 11) is -3.88. The van der Waals surface area contributed by atoms with Crippen molar-refractivity contribution in [2.24, 2.45) is 16.9 Å². The highest BCUT2D eigenvalue weighted by atomic mass is 32.2. The first-order chi connectivity index (χ1) is 14.1. The van der Waals surface area contributed by atoms with Crippen LogP contribution in [0.3, 0.4) is 0 Å². The normalized spacial score (nSPS) is 21.0. The first kappa shape index (κ1) is 21.2. The van der Waals surface area contributed by atoms with Crippen LogP contribution in [0.5, 0.6) is 0 Å². The van der Waals surface area contributed by atoms with E-state index in [1.807, 2.05) is 0 Å². The van der Waals surface area contributed by atoms with Crippen LogP contribution in [0.2, 0.25) is 0 Å². The van der Waals surface area contributed by atoms with Crippen molar-refractivity contribution in [2.45, 2.75) is 25.7 Å². The molecule has 1 aromatic heterocycles. The Labute approximate surface area is 173 Å². The van der Waals surface area contributed by atoms with E-state index in [0.717, 1.165) is 0 Å². The molecule has 0 aliphatic heterocycles. The van der Waals surface area contributed by atoms with Gasteiger partial charge in [0.05, 0.1) is 28.1 Å². The third kappa shape index (κ3) is 4.25. The number of carbonyl (C=O) groups excluding carboxylic acids is 2. The average Bonchev–Trinajstić information content (AvgIpc) is 2.71. The summed E-state index contributed by atoms with van der Waals surface area (Å²) >= 11 is 0. The largest absolute Gasteiger partial charge is 0.302 e. The number of anilines is 2. The Morgan fingerprint density at radius 1 is 1.07 bits per heavy atom. The number of rotatable bonds is 5. The number of benzene rings is 1. The number of Topliss-reactive ketones (excluding diaryl/α,β-unsaturated/α-hetero) is 2. The Morgan fingerprint density at radius 3 is 2.37 bits per heavy atom. The Bertz CT molecular complexity index is 1130. The fourth-order valence-electron chi connectivity index (χ4n) is 2.81. The minimum Gasteiger partial charge on any atom is -0.302 e. The van der Waals surface area contributed by atoms with Crippen LogP contribution < -0.4 is 10.1 Å². The lowest BCUT2D eigenvalue weighted by atomic mass is 9.78. The quantitative estimate of drug-likeness (QED) is 0.484. The number of sulfonamides is 1. The number of carbonyl (C=O) groups is 2. The Kier molecular flexibility index (Phi) is 5.74. The molecule has 11 heteroatoms. The van der Waals surface area contributed by atoms with E-state index in [2.05, 4.69) is 25.2 Å². The molecule has 0 saturated heterocycles. The number of hydrogen-bond acceptors (Lipinski definition) is 9. The smallest absolute Gasteiger partial charge is 0.264 e. The maximum atomic E-state index is 12.5. The van der Waals surface area contributed by atoms with Gasteiger partial charge in [-0.1, -0.05) is 0 Å². The molecule has 2 aromatic rings. The van der Waals surface area contributed by atoms with Gasteiger partial charge in [0, 0.05) is 11.9 Å². The maximum Gasteiger partial charge on any atom is 0.264 e. The van der Waals surface area contributed by atoms with E-state index in [-0.39, 0.29) is 28.1 Å². The van der Waals surface area contributed by atoms with Crippen LogP contribution in [-0.2, 0) is 19.6 Å². The monoisotopic (exact) mass is 428 g/mol. The first-order valence-electron chi connectivity index (χ1n) is 9.03. The molecule has 0 spiro atoms. The molecule has 0 amide bonds. The van der Waals surface area contributed by atoms with Gasteiger partial charge in [-0.3, -0.25) is 15.0 Å². The number of ketones is 2. The van der Waals surface area contributed by atoms with E-state index in [1.165, 1.54) is 37.4 Å². The van der Waals surface area contributed by atoms with Crippen molar-refractivity contribution in [3.63, 3.8) is 0 Å². The molecule has 1 heterocycles. The summed E-state index contributed by atoms with van der Waals surface area (Å²) in [5, 5.41) is 12.0. The summed E-state index contributed by atoms with van der Waals surface area (Å²) in [4.78, 5) is 32.1. The molecule has 1 saturated carbocycles. The minimum atomic E-state index is -3.88. The van der Waals surface area contributed by atoms with E-state index in [0.29, 0.717) is 11.4 Å². The van der Waals surface area contributed by atoms with Crippen molar-refractivity contribution in [1.82, 2.24) is 9.97 Å². The van der Waals surface area contributed by atoms with Gasteiger partial charge < -0.3 is 5.41 Å². The lowest BCUT2D eigenvalue weighted by Crippen LogP contribution is -2.46. The van der Waals surface area contributed by atoms with Crippen molar-refractivity contribution in [1.29, 1.82) is 5.41 Å². The zero-order valence-corrected chi connectivity index (χ0v) is 17.3. The zero-order valence-electron chi connectivity index (χ0n) is 16.5. The molecule has 1 aliphatic rings. The van der Waals surface area contributed by atoms with Gasteiger partial charge in [0.15, 0.2) is 11.6 Å². The number of hydrogen-bond donors (Lipinski definition) is 3. The molecule has 2 unspecified atom stereocenters. The van der Waals surface area contributed by atoms with E-state index in [1.54, 1.807) is 19.9 Å². The van der Waals surface area contributed by atoms with Crippen LogP contribution in [0.25, 0.3) is 0 Å². The zero-order chi connectivity index (χ0) is 22.1. The molecule has 1 fully saturated rings. The SMILES string of the molecule is Cc1ccnc(NS(=O)(=O)c2ccc(N/N=C3/C(=N)C(C)C(=O)C(C)C3=O)cc2)n1. The van der Waals surface area contributed by atoms with Crippen LogP contribution in [0.4, 0.5) is 11.6 Å². The fraction of sp³-hybridized carbons (Fsp3) is 0.263. The highest BCUT2D eigenvalue weighted by Gasteiger charge is 2.40. The molecular formula is C19H20N6O4S. The van der Waals surface area contributed by atoms with Gasteiger partial charge >= 0.3 is 0 Å². The Morgan fingerprint density at radius 2 is 1.73 bits per heavy atom. The van der Waals surface area contributed by atoms with Crippen molar-refractivity contribution >= 4 is 44.6 Å². The predicted molar refractivity (Wildman–Crippen MR) is 111 cm³/mol. The van der Waals surface area contributed by atoms with Crippen LogP contribution >= 0.6 is 0 Å². The molecule has 1 aromatic carbocycles. The molecular weight excluding hydrogens is 408 g/mol. The van der Waals surface area contributed by atoms with Crippen LogP contribution in [-0.4, -0.2) is 41.4 Å². The van der Waals surface area contributed by atoms with Crippen molar-refractivity contribution < 1.29 is 18.0 Å². The molecule has 0 bridgehead atoms. The highest BCUT2D eigenvalue weighted by molar-refractivity contribution is 7.92.